The smallest absolute Gasteiger partial charge is 0.224 e. The minimum Gasteiger partial charge on any atom is -0.370 e. The van der Waals surface area contributed by atoms with Crippen molar-refractivity contribution in [1.82, 2.24) is 10.2 Å². The molecule has 2 heterocycles. The molecule has 2 unspecified atom stereocenters. The van der Waals surface area contributed by atoms with Crippen LogP contribution in [0.1, 0.15) is 30.9 Å². The number of hydrogen-bond donors (Lipinski definition) is 1. The van der Waals surface area contributed by atoms with E-state index >= 15 is 0 Å². The van der Waals surface area contributed by atoms with Gasteiger partial charge in [-0.3, -0.25) is 4.79 Å². The largest absolute Gasteiger partial charge is 0.370 e. The summed E-state index contributed by atoms with van der Waals surface area (Å²) in [6, 6.07) is 8.50. The second-order valence-electron chi connectivity index (χ2n) is 5.75. The molecule has 1 amide bonds. The Morgan fingerprint density at radius 1 is 1.48 bits per heavy atom. The summed E-state index contributed by atoms with van der Waals surface area (Å²) in [5.74, 6) is 0.248. The first-order valence-corrected chi connectivity index (χ1v) is 8.40. The first-order valence-electron chi connectivity index (χ1n) is 7.60. The fraction of sp³-hybridized carbons (Fsp3) is 0.562. The number of amides is 1. The Labute approximate surface area is 134 Å². The molecule has 2 atom stereocenters. The molecule has 21 heavy (non-hydrogen) atoms. The van der Waals surface area contributed by atoms with Crippen LogP contribution in [0.5, 0.6) is 0 Å². The number of carbonyl (C=O) groups is 1. The zero-order valence-electron chi connectivity index (χ0n) is 12.1. The van der Waals surface area contributed by atoms with Crippen LogP contribution in [-0.4, -0.2) is 43.1 Å². The third-order valence-corrected chi connectivity index (χ3v) is 4.72. The van der Waals surface area contributed by atoms with Gasteiger partial charge in [0.05, 0.1) is 13.2 Å². The monoisotopic (exact) mass is 352 g/mol. The number of carbonyl (C=O) groups excluding carboxylic acids is 1. The summed E-state index contributed by atoms with van der Waals surface area (Å²) < 4.78 is 6.88. The molecule has 0 saturated carbocycles. The first kappa shape index (κ1) is 15.0. The second kappa shape index (κ2) is 6.90. The van der Waals surface area contributed by atoms with E-state index in [-0.39, 0.29) is 12.0 Å². The van der Waals surface area contributed by atoms with E-state index in [2.05, 4.69) is 33.4 Å². The van der Waals surface area contributed by atoms with Gasteiger partial charge < -0.3 is 15.0 Å². The fourth-order valence-corrected chi connectivity index (χ4v) is 3.47. The van der Waals surface area contributed by atoms with Crippen LogP contribution in [0.15, 0.2) is 28.7 Å². The molecule has 0 aliphatic carbocycles. The molecule has 1 aromatic rings. The van der Waals surface area contributed by atoms with Crippen molar-refractivity contribution < 1.29 is 9.53 Å². The van der Waals surface area contributed by atoms with Crippen LogP contribution in [0.3, 0.4) is 0 Å². The van der Waals surface area contributed by atoms with Gasteiger partial charge in [-0.25, -0.2) is 0 Å². The molecule has 0 aromatic heterocycles. The van der Waals surface area contributed by atoms with Gasteiger partial charge in [0.1, 0.15) is 6.10 Å². The van der Waals surface area contributed by atoms with Crippen LogP contribution in [0.2, 0.25) is 0 Å². The third-order valence-electron chi connectivity index (χ3n) is 4.22. The molecule has 0 spiro atoms. The molecule has 0 bridgehead atoms. The highest BCUT2D eigenvalue weighted by atomic mass is 79.9. The number of nitrogens with zero attached hydrogens (tertiary/aromatic N) is 1. The van der Waals surface area contributed by atoms with Gasteiger partial charge in [-0.05, 0) is 37.1 Å². The Morgan fingerprint density at radius 3 is 3.14 bits per heavy atom. The van der Waals surface area contributed by atoms with E-state index in [4.69, 9.17) is 4.74 Å². The lowest BCUT2D eigenvalue weighted by atomic mass is 10.1. The highest BCUT2D eigenvalue weighted by Crippen LogP contribution is 2.25. The van der Waals surface area contributed by atoms with E-state index in [0.717, 1.165) is 23.0 Å². The lowest BCUT2D eigenvalue weighted by Gasteiger charge is -2.34. The maximum atomic E-state index is 12.4. The summed E-state index contributed by atoms with van der Waals surface area (Å²) in [6.45, 7) is 3.01. The van der Waals surface area contributed by atoms with E-state index < -0.39 is 0 Å². The zero-order chi connectivity index (χ0) is 14.7. The van der Waals surface area contributed by atoms with E-state index in [9.17, 15) is 4.79 Å². The molecule has 2 aliphatic rings. The molecule has 2 aliphatic heterocycles. The number of morpholine rings is 1. The molecule has 1 aromatic carbocycles. The molecule has 114 valence electrons. The number of nitrogens with one attached hydrogen (secondary N) is 1. The molecule has 1 N–H and O–H groups in total. The van der Waals surface area contributed by atoms with Crippen LogP contribution in [0, 0.1) is 0 Å². The van der Waals surface area contributed by atoms with Gasteiger partial charge in [-0.1, -0.05) is 28.1 Å². The number of rotatable bonds is 3. The number of benzene rings is 1. The predicted molar refractivity (Wildman–Crippen MR) is 85.1 cm³/mol. The normalized spacial score (nSPS) is 26.0. The summed E-state index contributed by atoms with van der Waals surface area (Å²) in [7, 11) is 0. The van der Waals surface area contributed by atoms with Crippen LogP contribution in [-0.2, 0) is 9.53 Å². The molecule has 0 radical (unpaired) electrons. The standard InChI is InChI=1S/C16H21BrN2O2/c17-13-4-1-3-12(9-13)15-11-19(7-8-21-15)16(20)10-14-5-2-6-18-14/h1,3-4,9,14-15,18H,2,5-8,10-11H2. The minimum atomic E-state index is -0.0169. The van der Waals surface area contributed by atoms with E-state index in [1.807, 2.05) is 17.0 Å². The zero-order valence-corrected chi connectivity index (χ0v) is 13.6. The van der Waals surface area contributed by atoms with Gasteiger partial charge in [0.2, 0.25) is 5.91 Å². The van der Waals surface area contributed by atoms with Gasteiger partial charge in [0, 0.05) is 23.5 Å². The van der Waals surface area contributed by atoms with E-state index in [1.165, 1.54) is 6.42 Å². The highest BCUT2D eigenvalue weighted by Gasteiger charge is 2.27. The summed E-state index contributed by atoms with van der Waals surface area (Å²) in [5, 5.41) is 3.39. The van der Waals surface area contributed by atoms with Gasteiger partial charge in [-0.15, -0.1) is 0 Å². The van der Waals surface area contributed by atoms with Crippen LogP contribution >= 0.6 is 15.9 Å². The Balaban J connectivity index is 1.61. The number of hydrogen-bond acceptors (Lipinski definition) is 3. The molecule has 5 heteroatoms. The van der Waals surface area contributed by atoms with Crippen molar-refractivity contribution in [2.45, 2.75) is 31.4 Å². The lowest BCUT2D eigenvalue weighted by molar-refractivity contribution is -0.139. The Bertz CT molecular complexity index is 503. The molecule has 2 fully saturated rings. The van der Waals surface area contributed by atoms with Crippen LogP contribution in [0.25, 0.3) is 0 Å². The van der Waals surface area contributed by atoms with Crippen molar-refractivity contribution in [3.05, 3.63) is 34.3 Å². The first-order chi connectivity index (χ1) is 10.2. The van der Waals surface area contributed by atoms with Gasteiger partial charge in [0.25, 0.3) is 0 Å². The molecular weight excluding hydrogens is 332 g/mol. The van der Waals surface area contributed by atoms with Crippen LogP contribution < -0.4 is 5.32 Å². The van der Waals surface area contributed by atoms with E-state index in [0.29, 0.717) is 32.2 Å². The molecule has 4 nitrogen and oxygen atoms in total. The van der Waals surface area contributed by atoms with Crippen molar-refractivity contribution in [2.24, 2.45) is 0 Å². The van der Waals surface area contributed by atoms with Gasteiger partial charge in [0.15, 0.2) is 0 Å². The fourth-order valence-electron chi connectivity index (χ4n) is 3.06. The second-order valence-corrected chi connectivity index (χ2v) is 6.67. The van der Waals surface area contributed by atoms with Crippen molar-refractivity contribution in [3.63, 3.8) is 0 Å². The topological polar surface area (TPSA) is 41.6 Å². The SMILES string of the molecule is O=C(CC1CCCN1)N1CCOC(c2cccc(Br)c2)C1. The average Bonchev–Trinajstić information content (AvgIpc) is 3.00. The summed E-state index contributed by atoms with van der Waals surface area (Å²) in [5.41, 5.74) is 1.13. The lowest BCUT2D eigenvalue weighted by Crippen LogP contribution is -2.44. The third kappa shape index (κ3) is 3.84. The Kier molecular flexibility index (Phi) is 4.93. The molecular formula is C16H21BrN2O2. The average molecular weight is 353 g/mol. The quantitative estimate of drug-likeness (QED) is 0.908. The van der Waals surface area contributed by atoms with Crippen molar-refractivity contribution >= 4 is 21.8 Å². The minimum absolute atomic E-state index is 0.0169. The summed E-state index contributed by atoms with van der Waals surface area (Å²) in [6.07, 6.45) is 2.90. The maximum absolute atomic E-state index is 12.4. The molecule has 2 saturated heterocycles. The number of halogens is 1. The van der Waals surface area contributed by atoms with Crippen LogP contribution in [0.4, 0.5) is 0 Å². The summed E-state index contributed by atoms with van der Waals surface area (Å²) >= 11 is 3.49. The molecule has 3 rings (SSSR count). The van der Waals surface area contributed by atoms with Gasteiger partial charge in [-0.2, -0.15) is 0 Å². The Hall–Kier alpha value is -0.910. The predicted octanol–water partition coefficient (Wildman–Crippen LogP) is 2.49. The summed E-state index contributed by atoms with van der Waals surface area (Å²) in [4.78, 5) is 14.4. The van der Waals surface area contributed by atoms with Gasteiger partial charge >= 0.3 is 0 Å². The van der Waals surface area contributed by atoms with Crippen molar-refractivity contribution in [3.8, 4) is 0 Å². The van der Waals surface area contributed by atoms with Crippen molar-refractivity contribution in [2.75, 3.05) is 26.2 Å². The Morgan fingerprint density at radius 2 is 2.38 bits per heavy atom. The van der Waals surface area contributed by atoms with Crippen molar-refractivity contribution in [1.29, 1.82) is 0 Å². The van der Waals surface area contributed by atoms with E-state index in [1.54, 1.807) is 0 Å². The highest BCUT2D eigenvalue weighted by molar-refractivity contribution is 9.10. The number of ether oxygens (including phenoxy) is 1. The maximum Gasteiger partial charge on any atom is 0.224 e.